The van der Waals surface area contributed by atoms with Crippen LogP contribution in [0.4, 0.5) is 11.6 Å². The molecule has 8 nitrogen and oxygen atoms in total. The number of carbonyl (C=O) groups is 1. The molecule has 0 radical (unpaired) electrons. The molecule has 1 atom stereocenters. The fraction of sp³-hybridized carbons (Fsp3) is 0.567. The number of hydrogen-bond donors (Lipinski definition) is 3. The lowest BCUT2D eigenvalue weighted by molar-refractivity contribution is 0.0713. The number of fused-ring (bicyclic) bond motifs is 1. The molecule has 1 saturated carbocycles. The van der Waals surface area contributed by atoms with Gasteiger partial charge in [0.1, 0.15) is 5.65 Å². The normalized spacial score (nSPS) is 21.4. The predicted octanol–water partition coefficient (Wildman–Crippen LogP) is 5.57. The van der Waals surface area contributed by atoms with E-state index in [0.717, 1.165) is 86.7 Å². The Labute approximate surface area is 225 Å². The van der Waals surface area contributed by atoms with E-state index in [1.807, 2.05) is 42.4 Å². The Kier molecular flexibility index (Phi) is 8.17. The summed E-state index contributed by atoms with van der Waals surface area (Å²) < 4.78 is 2.36. The molecule has 1 amide bonds. The van der Waals surface area contributed by atoms with Crippen molar-refractivity contribution in [2.24, 2.45) is 0 Å². The van der Waals surface area contributed by atoms with Crippen molar-refractivity contribution in [2.45, 2.75) is 89.3 Å². The highest BCUT2D eigenvalue weighted by Gasteiger charge is 2.29. The van der Waals surface area contributed by atoms with Crippen LogP contribution in [0.2, 0.25) is 0 Å². The Morgan fingerprint density at radius 1 is 1.11 bits per heavy atom. The second-order valence-corrected chi connectivity index (χ2v) is 11.1. The van der Waals surface area contributed by atoms with Crippen LogP contribution < -0.4 is 10.6 Å². The fourth-order valence-corrected chi connectivity index (χ4v) is 6.14. The lowest BCUT2D eigenvalue weighted by Crippen LogP contribution is -2.37. The zero-order chi connectivity index (χ0) is 26.6. The number of aromatic nitrogens is 3. The van der Waals surface area contributed by atoms with E-state index in [4.69, 9.17) is 9.97 Å². The molecule has 2 aromatic heterocycles. The Bertz CT molecular complexity index is 1220. The summed E-state index contributed by atoms with van der Waals surface area (Å²) >= 11 is 0. The number of aliphatic hydroxyl groups is 1. The zero-order valence-electron chi connectivity index (χ0n) is 23.0. The number of hydrogen-bond acceptors (Lipinski definition) is 6. The van der Waals surface area contributed by atoms with Crippen LogP contribution in [0.25, 0.3) is 11.0 Å². The lowest BCUT2D eigenvalue weighted by Gasteiger charge is -2.32. The van der Waals surface area contributed by atoms with Gasteiger partial charge in [0, 0.05) is 61.3 Å². The number of likely N-dealkylation sites (tertiary alicyclic amines) is 1. The van der Waals surface area contributed by atoms with Crippen LogP contribution in [-0.2, 0) is 0 Å². The van der Waals surface area contributed by atoms with E-state index in [2.05, 4.69) is 35.2 Å². The van der Waals surface area contributed by atoms with Crippen molar-refractivity contribution < 1.29 is 9.90 Å². The Morgan fingerprint density at radius 2 is 1.82 bits per heavy atom. The van der Waals surface area contributed by atoms with Gasteiger partial charge in [-0.05, 0) is 87.6 Å². The van der Waals surface area contributed by atoms with Crippen LogP contribution in [0.3, 0.4) is 0 Å². The van der Waals surface area contributed by atoms with E-state index in [9.17, 15) is 9.90 Å². The van der Waals surface area contributed by atoms with E-state index in [1.54, 1.807) is 0 Å². The molecule has 38 heavy (non-hydrogen) atoms. The van der Waals surface area contributed by atoms with Gasteiger partial charge in [-0.25, -0.2) is 4.98 Å². The van der Waals surface area contributed by atoms with Gasteiger partial charge in [0.05, 0.1) is 6.10 Å². The first-order chi connectivity index (χ1) is 18.5. The SMILES string of the molecule is CCCC(C)Nc1ncc2c(C3CCN(C(=O)c4ccc(NC)cc4)CC3)cn(C3CCC(O)CC3)c2n1. The van der Waals surface area contributed by atoms with E-state index in [1.165, 1.54) is 5.56 Å². The molecule has 3 aromatic rings. The third-order valence-corrected chi connectivity index (χ3v) is 8.40. The van der Waals surface area contributed by atoms with E-state index in [-0.39, 0.29) is 12.0 Å². The van der Waals surface area contributed by atoms with Crippen molar-refractivity contribution in [3.8, 4) is 0 Å². The van der Waals surface area contributed by atoms with Gasteiger partial charge in [0.15, 0.2) is 0 Å². The fourth-order valence-electron chi connectivity index (χ4n) is 6.14. The first-order valence-electron chi connectivity index (χ1n) is 14.4. The summed E-state index contributed by atoms with van der Waals surface area (Å²) in [6.07, 6.45) is 11.7. The maximum atomic E-state index is 13.1. The molecule has 1 aliphatic carbocycles. The molecular formula is C30H42N6O2. The number of rotatable bonds is 8. The molecule has 1 saturated heterocycles. The summed E-state index contributed by atoms with van der Waals surface area (Å²) in [6, 6.07) is 8.36. The Morgan fingerprint density at radius 3 is 2.47 bits per heavy atom. The smallest absolute Gasteiger partial charge is 0.253 e. The number of nitrogens with zero attached hydrogens (tertiary/aromatic N) is 4. The molecule has 0 bridgehead atoms. The molecule has 2 aliphatic rings. The summed E-state index contributed by atoms with van der Waals surface area (Å²) in [5.74, 6) is 1.16. The van der Waals surface area contributed by atoms with Crippen molar-refractivity contribution in [1.29, 1.82) is 0 Å². The van der Waals surface area contributed by atoms with E-state index in [0.29, 0.717) is 23.9 Å². The highest BCUT2D eigenvalue weighted by Crippen LogP contribution is 2.38. The van der Waals surface area contributed by atoms with Gasteiger partial charge >= 0.3 is 0 Å². The summed E-state index contributed by atoms with van der Waals surface area (Å²) in [6.45, 7) is 5.85. The predicted molar refractivity (Wildman–Crippen MR) is 153 cm³/mol. The number of nitrogens with one attached hydrogen (secondary N) is 2. The lowest BCUT2D eigenvalue weighted by atomic mass is 9.89. The number of anilines is 2. The van der Waals surface area contributed by atoms with Gasteiger partial charge in [-0.3, -0.25) is 4.79 Å². The minimum Gasteiger partial charge on any atom is -0.393 e. The highest BCUT2D eigenvalue weighted by molar-refractivity contribution is 5.94. The monoisotopic (exact) mass is 518 g/mol. The van der Waals surface area contributed by atoms with Crippen LogP contribution in [0.5, 0.6) is 0 Å². The molecule has 1 unspecified atom stereocenters. The van der Waals surface area contributed by atoms with Gasteiger partial charge in [0.2, 0.25) is 5.95 Å². The van der Waals surface area contributed by atoms with Gasteiger partial charge in [-0.15, -0.1) is 0 Å². The first kappa shape index (κ1) is 26.5. The number of piperidine rings is 1. The maximum absolute atomic E-state index is 13.1. The van der Waals surface area contributed by atoms with Crippen molar-refractivity contribution in [3.63, 3.8) is 0 Å². The maximum Gasteiger partial charge on any atom is 0.253 e. The molecule has 0 spiro atoms. The van der Waals surface area contributed by atoms with Crippen LogP contribution in [0.15, 0.2) is 36.7 Å². The topological polar surface area (TPSA) is 95.3 Å². The van der Waals surface area contributed by atoms with Crippen molar-refractivity contribution in [3.05, 3.63) is 47.8 Å². The number of amides is 1. The Balaban J connectivity index is 1.36. The van der Waals surface area contributed by atoms with Gasteiger partial charge in [0.25, 0.3) is 5.91 Å². The molecule has 2 fully saturated rings. The molecular weight excluding hydrogens is 476 g/mol. The minimum atomic E-state index is -0.189. The van der Waals surface area contributed by atoms with Crippen LogP contribution >= 0.6 is 0 Å². The highest BCUT2D eigenvalue weighted by atomic mass is 16.3. The second kappa shape index (κ2) is 11.7. The number of aliphatic hydroxyl groups excluding tert-OH is 1. The summed E-state index contributed by atoms with van der Waals surface area (Å²) in [5, 5.41) is 17.8. The average Bonchev–Trinajstić information content (AvgIpc) is 3.32. The second-order valence-electron chi connectivity index (χ2n) is 11.1. The van der Waals surface area contributed by atoms with E-state index < -0.39 is 0 Å². The summed E-state index contributed by atoms with van der Waals surface area (Å²) in [5.41, 5.74) is 4.03. The number of carbonyl (C=O) groups excluding carboxylic acids is 1. The first-order valence-corrected chi connectivity index (χ1v) is 14.4. The minimum absolute atomic E-state index is 0.106. The summed E-state index contributed by atoms with van der Waals surface area (Å²) in [7, 11) is 1.88. The van der Waals surface area contributed by atoms with Crippen LogP contribution in [0.1, 0.15) is 93.1 Å². The molecule has 3 heterocycles. The molecule has 3 N–H and O–H groups in total. The van der Waals surface area contributed by atoms with Crippen LogP contribution in [-0.4, -0.2) is 62.7 Å². The standard InChI is InChI=1S/C30H42N6O2/c1-4-5-20(2)33-30-32-18-26-27(19-36(28(26)34-30)24-10-12-25(37)13-11-24)21-14-16-35(17-15-21)29(38)22-6-8-23(31-3)9-7-22/h6-9,18-21,24-25,31,37H,4-5,10-17H2,1-3H3,(H,32,33,34). The van der Waals surface area contributed by atoms with Crippen LogP contribution in [0, 0.1) is 0 Å². The molecule has 1 aliphatic heterocycles. The quantitative estimate of drug-likeness (QED) is 0.361. The number of benzene rings is 1. The van der Waals surface area contributed by atoms with Gasteiger partial charge in [-0.2, -0.15) is 4.98 Å². The molecule has 5 rings (SSSR count). The van der Waals surface area contributed by atoms with Gasteiger partial charge in [-0.1, -0.05) is 13.3 Å². The largest absolute Gasteiger partial charge is 0.393 e. The zero-order valence-corrected chi connectivity index (χ0v) is 23.0. The van der Waals surface area contributed by atoms with Crippen molar-refractivity contribution in [2.75, 3.05) is 30.8 Å². The molecule has 204 valence electrons. The average molecular weight is 519 g/mol. The van der Waals surface area contributed by atoms with Crippen molar-refractivity contribution >= 4 is 28.6 Å². The third kappa shape index (κ3) is 5.65. The third-order valence-electron chi connectivity index (χ3n) is 8.40. The van der Waals surface area contributed by atoms with Gasteiger partial charge < -0.3 is 25.2 Å². The molecule has 8 heteroatoms. The van der Waals surface area contributed by atoms with Crippen molar-refractivity contribution in [1.82, 2.24) is 19.4 Å². The summed E-state index contributed by atoms with van der Waals surface area (Å²) in [4.78, 5) is 24.8. The van der Waals surface area contributed by atoms with E-state index >= 15 is 0 Å². The Hall–Kier alpha value is -3.13. The molecule has 1 aromatic carbocycles.